The first-order chi connectivity index (χ1) is 14.0. The molecule has 2 aliphatic heterocycles. The van der Waals surface area contributed by atoms with E-state index in [4.69, 9.17) is 23.7 Å². The molecule has 0 spiro atoms. The molecule has 0 aromatic heterocycles. The Kier molecular flexibility index (Phi) is 10.4. The van der Waals surface area contributed by atoms with Crippen LogP contribution in [0.25, 0.3) is 0 Å². The lowest BCUT2D eigenvalue weighted by atomic mass is 9.90. The topological polar surface area (TPSA) is 80.3 Å². The zero-order valence-electron chi connectivity index (χ0n) is 18.3. The number of hydrogen-bond donors (Lipinski definition) is 0. The van der Waals surface area contributed by atoms with Crippen molar-refractivity contribution in [3.8, 4) is 0 Å². The molecule has 0 radical (unpaired) electrons. The van der Waals surface area contributed by atoms with Crippen molar-refractivity contribution in [3.63, 3.8) is 0 Å². The Morgan fingerprint density at radius 2 is 1.72 bits per heavy atom. The van der Waals surface area contributed by atoms with Gasteiger partial charge in [0.1, 0.15) is 12.2 Å². The molecule has 3 unspecified atom stereocenters. The third-order valence-corrected chi connectivity index (χ3v) is 5.54. The molecule has 7 nitrogen and oxygen atoms in total. The average Bonchev–Trinajstić information content (AvgIpc) is 3.07. The number of hydrogen-bond acceptors (Lipinski definition) is 7. The second-order valence-corrected chi connectivity index (χ2v) is 8.01. The van der Waals surface area contributed by atoms with E-state index in [9.17, 15) is 9.59 Å². The van der Waals surface area contributed by atoms with E-state index < -0.39 is 17.8 Å². The lowest BCUT2D eigenvalue weighted by molar-refractivity contribution is -0.270. The largest absolute Gasteiger partial charge is 0.465 e. The summed E-state index contributed by atoms with van der Waals surface area (Å²) in [6.07, 6.45) is 5.45. The van der Waals surface area contributed by atoms with Gasteiger partial charge in [0.2, 0.25) is 0 Å². The summed E-state index contributed by atoms with van der Waals surface area (Å²) in [7, 11) is 0. The Labute approximate surface area is 174 Å². The Bertz CT molecular complexity index is 497. The van der Waals surface area contributed by atoms with E-state index in [0.717, 1.165) is 25.7 Å². The van der Waals surface area contributed by atoms with E-state index in [1.54, 1.807) is 0 Å². The summed E-state index contributed by atoms with van der Waals surface area (Å²) in [6.45, 7) is 7.86. The van der Waals surface area contributed by atoms with E-state index in [1.165, 1.54) is 0 Å². The van der Waals surface area contributed by atoms with Crippen LogP contribution in [0.1, 0.15) is 78.6 Å². The van der Waals surface area contributed by atoms with Gasteiger partial charge in [-0.05, 0) is 32.6 Å². The van der Waals surface area contributed by atoms with Crippen LogP contribution in [0, 0.1) is 5.92 Å². The van der Waals surface area contributed by atoms with Crippen LogP contribution in [0.15, 0.2) is 0 Å². The highest BCUT2D eigenvalue weighted by molar-refractivity contribution is 5.74. The summed E-state index contributed by atoms with van der Waals surface area (Å²) < 4.78 is 29.4. The van der Waals surface area contributed by atoms with Crippen LogP contribution in [0.3, 0.4) is 0 Å². The summed E-state index contributed by atoms with van der Waals surface area (Å²) in [5.41, 5.74) is 0. The van der Waals surface area contributed by atoms with Crippen molar-refractivity contribution in [1.29, 1.82) is 0 Å². The molecule has 0 aromatic rings. The lowest BCUT2D eigenvalue weighted by Crippen LogP contribution is -2.50. The maximum Gasteiger partial charge on any atom is 0.311 e. The number of carbonyl (C=O) groups excluding carboxylic acids is 2. The van der Waals surface area contributed by atoms with Crippen molar-refractivity contribution in [2.75, 3.05) is 26.4 Å². The van der Waals surface area contributed by atoms with E-state index in [0.29, 0.717) is 45.5 Å². The van der Waals surface area contributed by atoms with Crippen LogP contribution in [-0.4, -0.2) is 56.4 Å². The molecular formula is C22H38O7. The standard InChI is InChI=1S/C22H38O7/c1-4-6-13-27-22(28-14-7-5-2)12-16-25-20(22)18-9-8-10-19(23)29-17(3)11-15-26-21(18)24/h17-18,20H,4-16H2,1-3H3. The zero-order chi connectivity index (χ0) is 21.1. The van der Waals surface area contributed by atoms with Crippen LogP contribution in [0.2, 0.25) is 0 Å². The molecule has 0 aliphatic carbocycles. The van der Waals surface area contributed by atoms with Crippen molar-refractivity contribution in [2.45, 2.75) is 96.6 Å². The van der Waals surface area contributed by atoms with E-state index >= 15 is 0 Å². The minimum absolute atomic E-state index is 0.219. The van der Waals surface area contributed by atoms with Crippen molar-refractivity contribution >= 4 is 11.9 Å². The van der Waals surface area contributed by atoms with Crippen molar-refractivity contribution in [2.24, 2.45) is 5.92 Å². The fourth-order valence-electron chi connectivity index (χ4n) is 3.78. The predicted octanol–water partition coefficient (Wildman–Crippen LogP) is 3.77. The number of esters is 2. The van der Waals surface area contributed by atoms with Gasteiger partial charge in [0, 0.05) is 19.3 Å². The fraction of sp³-hybridized carbons (Fsp3) is 0.909. The Morgan fingerprint density at radius 3 is 2.38 bits per heavy atom. The molecule has 0 aromatic carbocycles. The summed E-state index contributed by atoms with van der Waals surface area (Å²) in [4.78, 5) is 24.9. The molecule has 2 heterocycles. The maximum absolute atomic E-state index is 12.9. The van der Waals surface area contributed by atoms with Crippen molar-refractivity contribution in [3.05, 3.63) is 0 Å². The van der Waals surface area contributed by atoms with E-state index in [1.807, 2.05) is 6.92 Å². The highest BCUT2D eigenvalue weighted by Gasteiger charge is 2.52. The minimum Gasteiger partial charge on any atom is -0.465 e. The lowest BCUT2D eigenvalue weighted by Gasteiger charge is -2.37. The van der Waals surface area contributed by atoms with Crippen LogP contribution < -0.4 is 0 Å². The summed E-state index contributed by atoms with van der Waals surface area (Å²) in [5, 5.41) is 0. The second-order valence-electron chi connectivity index (χ2n) is 8.01. The first-order valence-electron chi connectivity index (χ1n) is 11.3. The van der Waals surface area contributed by atoms with Gasteiger partial charge in [0.05, 0.1) is 32.3 Å². The second kappa shape index (κ2) is 12.5. The predicted molar refractivity (Wildman–Crippen MR) is 107 cm³/mol. The van der Waals surface area contributed by atoms with Crippen LogP contribution >= 0.6 is 0 Å². The normalized spacial score (nSPS) is 28.4. The number of ether oxygens (including phenoxy) is 5. The number of carbonyl (C=O) groups is 2. The van der Waals surface area contributed by atoms with Gasteiger partial charge in [-0.15, -0.1) is 0 Å². The SMILES string of the molecule is CCCCOC1(OCCCC)CCOC1C1CCCC(=O)OC(C)CCOC1=O. The Morgan fingerprint density at radius 1 is 1.03 bits per heavy atom. The summed E-state index contributed by atoms with van der Waals surface area (Å²) >= 11 is 0. The number of cyclic esters (lactones) is 2. The molecule has 2 saturated heterocycles. The third kappa shape index (κ3) is 7.23. The zero-order valence-corrected chi connectivity index (χ0v) is 18.3. The minimum atomic E-state index is -0.929. The molecule has 0 bridgehead atoms. The molecule has 0 N–H and O–H groups in total. The third-order valence-electron chi connectivity index (χ3n) is 5.54. The molecule has 29 heavy (non-hydrogen) atoms. The van der Waals surface area contributed by atoms with Crippen molar-refractivity contribution in [1.82, 2.24) is 0 Å². The molecule has 7 heteroatoms. The molecule has 168 valence electrons. The first-order valence-corrected chi connectivity index (χ1v) is 11.3. The van der Waals surface area contributed by atoms with Crippen LogP contribution in [-0.2, 0) is 33.3 Å². The van der Waals surface area contributed by atoms with Crippen LogP contribution in [0.5, 0.6) is 0 Å². The molecule has 2 rings (SSSR count). The highest BCUT2D eigenvalue weighted by Crippen LogP contribution is 2.38. The highest BCUT2D eigenvalue weighted by atomic mass is 16.7. The van der Waals surface area contributed by atoms with Gasteiger partial charge in [0.25, 0.3) is 0 Å². The fourth-order valence-corrected chi connectivity index (χ4v) is 3.78. The van der Waals surface area contributed by atoms with Gasteiger partial charge < -0.3 is 23.7 Å². The van der Waals surface area contributed by atoms with E-state index in [2.05, 4.69) is 13.8 Å². The van der Waals surface area contributed by atoms with Gasteiger partial charge in [-0.1, -0.05) is 26.7 Å². The van der Waals surface area contributed by atoms with Gasteiger partial charge >= 0.3 is 11.9 Å². The molecule has 3 atom stereocenters. The van der Waals surface area contributed by atoms with Gasteiger partial charge in [-0.25, -0.2) is 0 Å². The Hall–Kier alpha value is -1.18. The van der Waals surface area contributed by atoms with Crippen LogP contribution in [0.4, 0.5) is 0 Å². The van der Waals surface area contributed by atoms with Gasteiger partial charge in [0.15, 0.2) is 5.79 Å². The van der Waals surface area contributed by atoms with Gasteiger partial charge in [-0.2, -0.15) is 0 Å². The maximum atomic E-state index is 12.9. The molecule has 2 aliphatic rings. The monoisotopic (exact) mass is 414 g/mol. The smallest absolute Gasteiger partial charge is 0.311 e. The first kappa shape index (κ1) is 24.1. The quantitative estimate of drug-likeness (QED) is 0.323. The molecular weight excluding hydrogens is 376 g/mol. The molecule has 0 saturated carbocycles. The Balaban J connectivity index is 2.16. The molecule has 2 fully saturated rings. The molecule has 0 amide bonds. The van der Waals surface area contributed by atoms with Crippen molar-refractivity contribution < 1.29 is 33.3 Å². The number of unbranched alkanes of at least 4 members (excludes halogenated alkanes) is 2. The van der Waals surface area contributed by atoms with E-state index in [-0.39, 0.29) is 31.1 Å². The van der Waals surface area contributed by atoms with Gasteiger partial charge in [-0.3, -0.25) is 9.59 Å². The number of rotatable bonds is 9. The average molecular weight is 415 g/mol. The summed E-state index contributed by atoms with van der Waals surface area (Å²) in [5.74, 6) is -1.99. The summed E-state index contributed by atoms with van der Waals surface area (Å²) in [6, 6.07) is 0.